The summed E-state index contributed by atoms with van der Waals surface area (Å²) in [7, 11) is 0. The predicted octanol–water partition coefficient (Wildman–Crippen LogP) is 2.89. The lowest BCUT2D eigenvalue weighted by atomic mass is 9.75. The topological polar surface area (TPSA) is 169 Å². The van der Waals surface area contributed by atoms with Crippen molar-refractivity contribution in [2.24, 2.45) is 5.73 Å². The number of ether oxygens (including phenoxy) is 2. The number of aliphatic carboxylic acids is 1. The molecule has 210 valence electrons. The summed E-state index contributed by atoms with van der Waals surface area (Å²) in [5.74, 6) is -2.13. The first-order valence-electron chi connectivity index (χ1n) is 12.7. The first-order valence-corrected chi connectivity index (χ1v) is 12.7. The number of para-hydroxylation sites is 2. The maximum Gasteiger partial charge on any atom is 0.408 e. The number of fused-ring (bicyclic) bond motifs is 1. The van der Waals surface area contributed by atoms with E-state index >= 15 is 0 Å². The van der Waals surface area contributed by atoms with Gasteiger partial charge in [0.25, 0.3) is 0 Å². The molecule has 0 aromatic heterocycles. The molecule has 3 amide bonds. The Hall–Kier alpha value is -4.12. The Bertz CT molecular complexity index is 1240. The standard InChI is InChI=1S/C28H36N4O7/c1-16(29)23(33)30-17(2)24(34)31-20-12-8-9-13-21(20)38-22-19-11-7-6-10-18(19)14-15-28(22,25(35)36)32-26(37)39-27(3,4)5/h6-13,16-17,22H,14-15,29H2,1-5H3,(H,30,33)(H,31,34)(H,32,37)(H,35,36)/t16?,17?,22?,28-/m0/s1. The van der Waals surface area contributed by atoms with E-state index in [-0.39, 0.29) is 17.9 Å². The van der Waals surface area contributed by atoms with E-state index in [2.05, 4.69) is 16.0 Å². The second kappa shape index (κ2) is 11.7. The number of nitrogens with one attached hydrogen (secondary N) is 3. The van der Waals surface area contributed by atoms with Crippen LogP contribution in [0.25, 0.3) is 0 Å². The molecule has 0 heterocycles. The second-order valence-corrected chi connectivity index (χ2v) is 10.6. The van der Waals surface area contributed by atoms with E-state index in [0.717, 1.165) is 5.56 Å². The fourth-order valence-electron chi connectivity index (χ4n) is 4.25. The number of rotatable bonds is 8. The van der Waals surface area contributed by atoms with Gasteiger partial charge in [-0.1, -0.05) is 36.4 Å². The highest BCUT2D eigenvalue weighted by atomic mass is 16.6. The van der Waals surface area contributed by atoms with Crippen molar-refractivity contribution in [3.8, 4) is 5.75 Å². The summed E-state index contributed by atoms with van der Waals surface area (Å²) in [5.41, 5.74) is 4.57. The summed E-state index contributed by atoms with van der Waals surface area (Å²) in [6, 6.07) is 12.1. The number of carbonyl (C=O) groups excluding carboxylic acids is 3. The molecule has 0 fully saturated rings. The smallest absolute Gasteiger partial charge is 0.408 e. The van der Waals surface area contributed by atoms with Crippen LogP contribution in [0.2, 0.25) is 0 Å². The summed E-state index contributed by atoms with van der Waals surface area (Å²) in [4.78, 5) is 50.4. The molecule has 2 aromatic carbocycles. The van der Waals surface area contributed by atoms with Gasteiger partial charge in [0.05, 0.1) is 11.7 Å². The zero-order valence-corrected chi connectivity index (χ0v) is 22.7. The Morgan fingerprint density at radius 1 is 1.03 bits per heavy atom. The van der Waals surface area contributed by atoms with Crippen LogP contribution in [-0.2, 0) is 25.5 Å². The Kier molecular flexibility index (Phi) is 8.85. The SMILES string of the molecule is CC(N)C(=O)NC(C)C(=O)Nc1ccccc1OC1c2ccccc2CC[C@@]1(NC(=O)OC(C)(C)C)C(=O)O. The number of nitrogens with two attached hydrogens (primary N) is 1. The number of hydrogen-bond acceptors (Lipinski definition) is 7. The molecule has 0 saturated heterocycles. The number of carboxylic acids is 1. The average molecular weight is 541 g/mol. The molecule has 11 nitrogen and oxygen atoms in total. The van der Waals surface area contributed by atoms with Gasteiger partial charge in [-0.2, -0.15) is 0 Å². The van der Waals surface area contributed by atoms with Crippen LogP contribution in [0.3, 0.4) is 0 Å². The maximum absolute atomic E-state index is 12.8. The lowest BCUT2D eigenvalue weighted by molar-refractivity contribution is -0.150. The van der Waals surface area contributed by atoms with Gasteiger partial charge in [0, 0.05) is 0 Å². The average Bonchev–Trinajstić information content (AvgIpc) is 2.85. The van der Waals surface area contributed by atoms with E-state index in [0.29, 0.717) is 12.0 Å². The van der Waals surface area contributed by atoms with Crippen molar-refractivity contribution in [3.63, 3.8) is 0 Å². The highest BCUT2D eigenvalue weighted by molar-refractivity contribution is 5.98. The highest BCUT2D eigenvalue weighted by Crippen LogP contribution is 2.42. The Balaban J connectivity index is 1.98. The molecule has 11 heteroatoms. The fourth-order valence-corrected chi connectivity index (χ4v) is 4.25. The van der Waals surface area contributed by atoms with Crippen molar-refractivity contribution < 1.29 is 33.8 Å². The summed E-state index contributed by atoms with van der Waals surface area (Å²) in [6.07, 6.45) is -1.63. The molecule has 0 radical (unpaired) electrons. The number of hydrogen-bond donors (Lipinski definition) is 5. The number of alkyl carbamates (subject to hydrolysis) is 1. The van der Waals surface area contributed by atoms with E-state index in [1.807, 2.05) is 12.1 Å². The van der Waals surface area contributed by atoms with Crippen molar-refractivity contribution >= 4 is 29.6 Å². The van der Waals surface area contributed by atoms with Gasteiger partial charge in [-0.25, -0.2) is 9.59 Å². The fraction of sp³-hybridized carbons (Fsp3) is 0.429. The van der Waals surface area contributed by atoms with Crippen molar-refractivity contribution in [2.45, 2.75) is 76.8 Å². The molecule has 3 unspecified atom stereocenters. The highest BCUT2D eigenvalue weighted by Gasteiger charge is 2.53. The van der Waals surface area contributed by atoms with Crippen LogP contribution in [0, 0.1) is 0 Å². The molecular weight excluding hydrogens is 504 g/mol. The van der Waals surface area contributed by atoms with E-state index in [1.165, 1.54) is 13.8 Å². The van der Waals surface area contributed by atoms with Crippen LogP contribution in [0.15, 0.2) is 48.5 Å². The van der Waals surface area contributed by atoms with Gasteiger partial charge in [-0.05, 0) is 70.7 Å². The van der Waals surface area contributed by atoms with Gasteiger partial charge in [0.2, 0.25) is 11.8 Å². The minimum atomic E-state index is -1.87. The molecule has 39 heavy (non-hydrogen) atoms. The molecule has 4 atom stereocenters. The van der Waals surface area contributed by atoms with Crippen LogP contribution >= 0.6 is 0 Å². The molecule has 0 aliphatic heterocycles. The van der Waals surface area contributed by atoms with Crippen LogP contribution in [0.5, 0.6) is 5.75 Å². The van der Waals surface area contributed by atoms with Gasteiger partial charge in [0.1, 0.15) is 17.4 Å². The third-order valence-corrected chi connectivity index (χ3v) is 6.23. The molecular formula is C28H36N4O7. The first kappa shape index (κ1) is 29.4. The predicted molar refractivity (Wildman–Crippen MR) is 144 cm³/mol. The molecule has 6 N–H and O–H groups in total. The van der Waals surface area contributed by atoms with Crippen LogP contribution < -0.4 is 26.4 Å². The molecule has 2 aromatic rings. The first-order chi connectivity index (χ1) is 18.2. The van der Waals surface area contributed by atoms with E-state index in [9.17, 15) is 24.3 Å². The van der Waals surface area contributed by atoms with E-state index < -0.39 is 53.2 Å². The molecule has 0 saturated carbocycles. The Morgan fingerprint density at radius 3 is 2.31 bits per heavy atom. The van der Waals surface area contributed by atoms with Gasteiger partial charge >= 0.3 is 12.1 Å². The number of benzene rings is 2. The lowest BCUT2D eigenvalue weighted by Gasteiger charge is -2.42. The summed E-state index contributed by atoms with van der Waals surface area (Å²) in [6.45, 7) is 8.06. The molecule has 0 spiro atoms. The van der Waals surface area contributed by atoms with Crippen LogP contribution in [-0.4, -0.2) is 52.2 Å². The van der Waals surface area contributed by atoms with Gasteiger partial charge in [-0.3, -0.25) is 9.59 Å². The number of aryl methyl sites for hydroxylation is 1. The van der Waals surface area contributed by atoms with Crippen LogP contribution in [0.1, 0.15) is 58.3 Å². The minimum Gasteiger partial charge on any atom is -0.480 e. The monoisotopic (exact) mass is 540 g/mol. The lowest BCUT2D eigenvalue weighted by Crippen LogP contribution is -2.62. The summed E-state index contributed by atoms with van der Waals surface area (Å²) in [5, 5.41) is 18.3. The van der Waals surface area contributed by atoms with Gasteiger partial charge < -0.3 is 36.3 Å². The minimum absolute atomic E-state index is 0.0398. The van der Waals surface area contributed by atoms with Crippen molar-refractivity contribution in [3.05, 3.63) is 59.7 Å². The molecule has 1 aliphatic carbocycles. The number of carboxylic acid groups (broad SMARTS) is 1. The van der Waals surface area contributed by atoms with Crippen molar-refractivity contribution in [1.29, 1.82) is 0 Å². The zero-order valence-electron chi connectivity index (χ0n) is 22.7. The van der Waals surface area contributed by atoms with Crippen molar-refractivity contribution in [2.75, 3.05) is 5.32 Å². The summed E-state index contributed by atoms with van der Waals surface area (Å²) >= 11 is 0. The maximum atomic E-state index is 12.8. The zero-order chi connectivity index (χ0) is 29.0. The Morgan fingerprint density at radius 2 is 1.67 bits per heavy atom. The normalized spacial score (nSPS) is 20.0. The van der Waals surface area contributed by atoms with E-state index in [1.54, 1.807) is 57.2 Å². The molecule has 0 bridgehead atoms. The number of carbonyl (C=O) groups is 4. The third-order valence-electron chi connectivity index (χ3n) is 6.23. The van der Waals surface area contributed by atoms with Crippen molar-refractivity contribution in [1.82, 2.24) is 10.6 Å². The van der Waals surface area contributed by atoms with Gasteiger partial charge in [0.15, 0.2) is 11.6 Å². The number of amides is 3. The van der Waals surface area contributed by atoms with E-state index in [4.69, 9.17) is 15.2 Å². The molecule has 3 rings (SSSR count). The number of anilines is 1. The Labute approximate surface area is 227 Å². The summed E-state index contributed by atoms with van der Waals surface area (Å²) < 4.78 is 11.7. The largest absolute Gasteiger partial charge is 0.480 e. The molecule has 1 aliphatic rings. The van der Waals surface area contributed by atoms with Gasteiger partial charge in [-0.15, -0.1) is 0 Å². The third kappa shape index (κ3) is 7.05. The van der Waals surface area contributed by atoms with Crippen LogP contribution in [0.4, 0.5) is 10.5 Å². The second-order valence-electron chi connectivity index (χ2n) is 10.6. The quantitative estimate of drug-likeness (QED) is 0.340.